The van der Waals surface area contributed by atoms with Gasteiger partial charge >= 0.3 is 62.1 Å². The first-order valence-corrected chi connectivity index (χ1v) is 10.8. The average molecular weight is 648 g/mol. The van der Waals surface area contributed by atoms with Gasteiger partial charge in [0.2, 0.25) is 16.2 Å². The number of rotatable bonds is 10. The molecule has 0 spiro atoms. The Morgan fingerprint density at radius 2 is 0.564 bits per heavy atom. The van der Waals surface area contributed by atoms with E-state index in [9.17, 15) is 107 Å². The summed E-state index contributed by atoms with van der Waals surface area (Å²) in [6, 6.07) is -3.25. The maximum absolute atomic E-state index is 13.9. The quantitative estimate of drug-likeness (QED) is 0.207. The second-order valence-electron chi connectivity index (χ2n) is 7.19. The standard InChI is InChI=1S/C14H5F21O3Si/c1-2-39(3(36)6(15,16)9(21,22)12(27,28)29,4(37)7(17,18)10(23,24)13(30,31)32)5(38)8(19,20)11(25,26)14(33,34)35/h2H2,1H3. The molecule has 0 radical (unpaired) electrons. The highest BCUT2D eigenvalue weighted by Crippen LogP contribution is 2.54. The largest absolute Gasteiger partial charge is 0.460 e. The normalized spacial score (nSPS) is 15.8. The van der Waals surface area contributed by atoms with Crippen molar-refractivity contribution in [3.05, 3.63) is 0 Å². The van der Waals surface area contributed by atoms with Crippen LogP contribution in [0.5, 0.6) is 0 Å². The van der Waals surface area contributed by atoms with Gasteiger partial charge in [-0.2, -0.15) is 92.2 Å². The Balaban J connectivity index is 8.03. The Bertz CT molecular complexity index is 864. The van der Waals surface area contributed by atoms with Gasteiger partial charge in [-0.3, -0.25) is 14.4 Å². The monoisotopic (exact) mass is 648 g/mol. The fraction of sp³-hybridized carbons (Fsp3) is 0.786. The number of carbonyl (C=O) groups excluding carboxylic acids is 3. The summed E-state index contributed by atoms with van der Waals surface area (Å²) in [5.41, 5.74) is 0. The zero-order chi connectivity index (χ0) is 32.4. The van der Waals surface area contributed by atoms with E-state index in [1.165, 1.54) is 0 Å². The lowest BCUT2D eigenvalue weighted by Crippen LogP contribution is -2.78. The van der Waals surface area contributed by atoms with Crippen LogP contribution in [-0.2, 0) is 14.4 Å². The molecule has 230 valence electrons. The average Bonchev–Trinajstić information content (AvgIpc) is 2.71. The Hall–Kier alpha value is -2.24. The van der Waals surface area contributed by atoms with Crippen LogP contribution in [0.3, 0.4) is 0 Å². The molecular formula is C14H5F21O3Si. The minimum absolute atomic E-state index is 0.647. The molecule has 0 aliphatic heterocycles. The summed E-state index contributed by atoms with van der Waals surface area (Å²) in [6.45, 7) is -0.647. The van der Waals surface area contributed by atoms with Crippen molar-refractivity contribution in [1.82, 2.24) is 0 Å². The van der Waals surface area contributed by atoms with Crippen LogP contribution in [0.2, 0.25) is 6.04 Å². The third-order valence-corrected chi connectivity index (χ3v) is 9.13. The van der Waals surface area contributed by atoms with E-state index < -0.39 is 91.3 Å². The van der Waals surface area contributed by atoms with E-state index >= 15 is 0 Å². The second-order valence-corrected chi connectivity index (χ2v) is 11.1. The molecule has 25 heteroatoms. The third-order valence-electron chi connectivity index (χ3n) is 4.80. The molecular weight excluding hydrogens is 643 g/mol. The molecule has 39 heavy (non-hydrogen) atoms. The topological polar surface area (TPSA) is 51.2 Å². The summed E-state index contributed by atoms with van der Waals surface area (Å²) in [7, 11) is -9.16. The lowest BCUT2D eigenvalue weighted by molar-refractivity contribution is -0.344. The van der Waals surface area contributed by atoms with Crippen molar-refractivity contribution in [1.29, 1.82) is 0 Å². The minimum atomic E-state index is -9.16. The Morgan fingerprint density at radius 3 is 0.667 bits per heavy atom. The Labute approximate surface area is 199 Å². The predicted octanol–water partition coefficient (Wildman–Crippen LogP) is 6.28. The van der Waals surface area contributed by atoms with Gasteiger partial charge in [0.15, 0.2) is 0 Å². The molecule has 0 saturated carbocycles. The first-order valence-electron chi connectivity index (χ1n) is 8.64. The van der Waals surface area contributed by atoms with Crippen molar-refractivity contribution in [2.75, 3.05) is 0 Å². The van der Waals surface area contributed by atoms with Gasteiger partial charge in [-0.05, 0) is 6.04 Å². The van der Waals surface area contributed by atoms with E-state index in [-0.39, 0.29) is 0 Å². The summed E-state index contributed by atoms with van der Waals surface area (Å²) < 4.78 is 275. The fourth-order valence-electron chi connectivity index (χ4n) is 2.56. The number of hydrogen-bond donors (Lipinski definition) is 0. The van der Waals surface area contributed by atoms with Crippen molar-refractivity contribution in [2.24, 2.45) is 0 Å². The molecule has 0 amide bonds. The van der Waals surface area contributed by atoms with E-state index in [0.717, 1.165) is 0 Å². The first kappa shape index (κ1) is 36.8. The smallest absolute Gasteiger partial charge is 0.297 e. The van der Waals surface area contributed by atoms with Crippen LogP contribution in [0.15, 0.2) is 0 Å². The highest BCUT2D eigenvalue weighted by Gasteiger charge is 2.88. The predicted molar refractivity (Wildman–Crippen MR) is 79.1 cm³/mol. The van der Waals surface area contributed by atoms with E-state index in [1.54, 1.807) is 0 Å². The molecule has 0 aromatic heterocycles. The number of hydrogen-bond acceptors (Lipinski definition) is 3. The number of carbonyl (C=O) groups is 3. The van der Waals surface area contributed by atoms with Crippen LogP contribution in [0.4, 0.5) is 92.2 Å². The molecule has 0 aliphatic rings. The Kier molecular flexibility index (Phi) is 8.87. The maximum Gasteiger partial charge on any atom is 0.460 e. The van der Waals surface area contributed by atoms with Gasteiger partial charge in [0.1, 0.15) is 0 Å². The van der Waals surface area contributed by atoms with Gasteiger partial charge in [-0.25, -0.2) is 0 Å². The van der Waals surface area contributed by atoms with Crippen LogP contribution >= 0.6 is 0 Å². The van der Waals surface area contributed by atoms with Crippen LogP contribution in [-0.4, -0.2) is 78.4 Å². The van der Waals surface area contributed by atoms with E-state index in [4.69, 9.17) is 0 Å². The highest BCUT2D eigenvalue weighted by atomic mass is 28.3. The molecule has 3 nitrogen and oxygen atoms in total. The lowest BCUT2D eigenvalue weighted by atomic mass is 10.1. The fourth-order valence-corrected chi connectivity index (χ4v) is 6.22. The molecule has 0 unspecified atom stereocenters. The molecule has 0 N–H and O–H groups in total. The van der Waals surface area contributed by atoms with Gasteiger partial charge in [0, 0.05) is 0 Å². The van der Waals surface area contributed by atoms with Gasteiger partial charge in [0.05, 0.1) is 0 Å². The summed E-state index contributed by atoms with van der Waals surface area (Å²) in [5.74, 6) is -48.5. The van der Waals surface area contributed by atoms with Crippen molar-refractivity contribution in [3.63, 3.8) is 0 Å². The van der Waals surface area contributed by atoms with E-state index in [1.807, 2.05) is 0 Å². The maximum atomic E-state index is 13.9. The van der Waals surface area contributed by atoms with Crippen LogP contribution in [0.1, 0.15) is 6.92 Å². The molecule has 0 fully saturated rings. The van der Waals surface area contributed by atoms with Crippen molar-refractivity contribution in [3.8, 4) is 0 Å². The summed E-state index contributed by atoms with van der Waals surface area (Å²) in [6.07, 6.45) is -23.5. The van der Waals surface area contributed by atoms with Gasteiger partial charge in [-0.15, -0.1) is 0 Å². The molecule has 0 atom stereocenters. The molecule has 0 heterocycles. The Morgan fingerprint density at radius 1 is 0.410 bits per heavy atom. The van der Waals surface area contributed by atoms with E-state index in [0.29, 0.717) is 0 Å². The molecule has 0 bridgehead atoms. The zero-order valence-corrected chi connectivity index (χ0v) is 18.4. The summed E-state index contributed by atoms with van der Waals surface area (Å²) in [4.78, 5) is 35.7. The van der Waals surface area contributed by atoms with Crippen molar-refractivity contribution < 1.29 is 107 Å². The van der Waals surface area contributed by atoms with Crippen LogP contribution < -0.4 is 0 Å². The van der Waals surface area contributed by atoms with Gasteiger partial charge in [-0.1, -0.05) is 6.92 Å². The van der Waals surface area contributed by atoms with Gasteiger partial charge in [0.25, 0.3) is 0 Å². The molecule has 0 aromatic carbocycles. The SMILES string of the molecule is CC[Si](C(=O)C(F)(F)C(F)(F)C(F)(F)F)(C(=O)C(F)(F)C(F)(F)C(F)(F)F)C(=O)C(F)(F)C(F)(F)C(F)(F)F. The number of alkyl halides is 21. The van der Waals surface area contributed by atoms with Crippen LogP contribution in [0.25, 0.3) is 0 Å². The second kappa shape index (κ2) is 9.41. The molecule has 0 saturated heterocycles. The van der Waals surface area contributed by atoms with Crippen molar-refractivity contribution in [2.45, 2.75) is 67.0 Å². The first-order chi connectivity index (χ1) is 16.5. The van der Waals surface area contributed by atoms with Gasteiger partial charge < -0.3 is 0 Å². The van der Waals surface area contributed by atoms with Crippen LogP contribution in [0, 0.1) is 0 Å². The zero-order valence-electron chi connectivity index (χ0n) is 17.4. The van der Waals surface area contributed by atoms with E-state index in [2.05, 4.69) is 0 Å². The third kappa shape index (κ3) is 4.95. The minimum Gasteiger partial charge on any atom is -0.297 e. The summed E-state index contributed by atoms with van der Waals surface area (Å²) >= 11 is 0. The molecule has 0 aliphatic carbocycles. The molecule has 0 aromatic rings. The summed E-state index contributed by atoms with van der Waals surface area (Å²) in [5, 5.41) is -15.8. The van der Waals surface area contributed by atoms with Crippen molar-refractivity contribution >= 4 is 24.3 Å². The highest BCUT2D eigenvalue weighted by molar-refractivity contribution is 7.41. The lowest BCUT2D eigenvalue weighted by Gasteiger charge is -2.39. The molecule has 0 rings (SSSR count). The number of halogens is 21.